The first-order valence-corrected chi connectivity index (χ1v) is 13.1. The van der Waals surface area contributed by atoms with Gasteiger partial charge in [-0.05, 0) is 65.7 Å². The first-order valence-electron chi connectivity index (χ1n) is 12.3. The van der Waals surface area contributed by atoms with Gasteiger partial charge < -0.3 is 9.47 Å². The predicted molar refractivity (Wildman–Crippen MR) is 155 cm³/mol. The second kappa shape index (κ2) is 10.3. The molecule has 0 aliphatic carbocycles. The standard InChI is InChI=1S/C31H25BrN4O2/c1-37-24-13-8-20(9-14-24)28-19-29(21-10-15-25(38-2)16-11-21)36(35-28)31-33-27-17-12-23(32)18-26(27)30(34-31)22-6-4-3-5-7-22/h3-18,29H,19H2,1-2H3/t29-/m0/s1. The van der Waals surface area contributed by atoms with Gasteiger partial charge in [0.05, 0.1) is 37.2 Å². The molecule has 1 aromatic heterocycles. The van der Waals surface area contributed by atoms with Crippen molar-refractivity contribution in [2.75, 3.05) is 19.2 Å². The Balaban J connectivity index is 1.51. The van der Waals surface area contributed by atoms with E-state index in [4.69, 9.17) is 24.5 Å². The number of halogens is 1. The summed E-state index contributed by atoms with van der Waals surface area (Å²) in [6.45, 7) is 0. The van der Waals surface area contributed by atoms with Gasteiger partial charge in [-0.2, -0.15) is 5.10 Å². The third-order valence-electron chi connectivity index (χ3n) is 6.73. The van der Waals surface area contributed by atoms with E-state index in [1.807, 2.05) is 71.7 Å². The third kappa shape index (κ3) is 4.61. The minimum Gasteiger partial charge on any atom is -0.497 e. The lowest BCUT2D eigenvalue weighted by Gasteiger charge is -2.23. The predicted octanol–water partition coefficient (Wildman–Crippen LogP) is 7.43. The molecular formula is C31H25BrN4O2. The van der Waals surface area contributed by atoms with E-state index in [1.54, 1.807) is 14.2 Å². The van der Waals surface area contributed by atoms with E-state index < -0.39 is 0 Å². The Kier molecular flexibility index (Phi) is 6.52. The monoisotopic (exact) mass is 564 g/mol. The fourth-order valence-corrected chi connectivity index (χ4v) is 5.11. The molecule has 1 atom stereocenters. The zero-order valence-electron chi connectivity index (χ0n) is 21.0. The number of aromatic nitrogens is 2. The van der Waals surface area contributed by atoms with Crippen molar-refractivity contribution in [3.63, 3.8) is 0 Å². The molecule has 2 heterocycles. The van der Waals surface area contributed by atoms with Gasteiger partial charge >= 0.3 is 0 Å². The number of hydrogen-bond donors (Lipinski definition) is 0. The quantitative estimate of drug-likeness (QED) is 0.214. The molecule has 188 valence electrons. The molecule has 5 aromatic rings. The Morgan fingerprint density at radius 3 is 2.13 bits per heavy atom. The molecule has 38 heavy (non-hydrogen) atoms. The van der Waals surface area contributed by atoms with Gasteiger partial charge in [-0.1, -0.05) is 58.4 Å². The number of rotatable bonds is 6. The van der Waals surface area contributed by atoms with Crippen LogP contribution in [0, 0.1) is 0 Å². The maximum atomic E-state index is 5.40. The highest BCUT2D eigenvalue weighted by molar-refractivity contribution is 9.10. The summed E-state index contributed by atoms with van der Waals surface area (Å²) in [4.78, 5) is 10.1. The summed E-state index contributed by atoms with van der Waals surface area (Å²) in [7, 11) is 3.34. The second-order valence-electron chi connectivity index (χ2n) is 9.01. The van der Waals surface area contributed by atoms with Gasteiger partial charge in [-0.3, -0.25) is 0 Å². The Bertz CT molecular complexity index is 1620. The highest BCUT2D eigenvalue weighted by Crippen LogP contribution is 2.38. The molecular weight excluding hydrogens is 540 g/mol. The van der Waals surface area contributed by atoms with Crippen LogP contribution in [0.1, 0.15) is 23.6 Å². The zero-order valence-corrected chi connectivity index (χ0v) is 22.6. The molecule has 6 nitrogen and oxygen atoms in total. The average molecular weight is 565 g/mol. The minimum atomic E-state index is -0.0745. The van der Waals surface area contributed by atoms with Crippen molar-refractivity contribution in [3.8, 4) is 22.8 Å². The summed E-state index contributed by atoms with van der Waals surface area (Å²) in [5.41, 5.74) is 5.87. The molecule has 0 saturated heterocycles. The van der Waals surface area contributed by atoms with E-state index in [0.29, 0.717) is 12.4 Å². The molecule has 0 radical (unpaired) electrons. The summed E-state index contributed by atoms with van der Waals surface area (Å²) in [5, 5.41) is 8.02. The number of ether oxygens (including phenoxy) is 2. The van der Waals surface area contributed by atoms with Crippen LogP contribution in [0.4, 0.5) is 5.95 Å². The van der Waals surface area contributed by atoms with Gasteiger partial charge in [0.15, 0.2) is 0 Å². The second-order valence-corrected chi connectivity index (χ2v) is 9.93. The SMILES string of the molecule is COc1ccc(C2=NN(c3nc(-c4ccccc4)c4cc(Br)ccc4n3)[C@H](c3ccc(OC)cc3)C2)cc1. The molecule has 0 spiro atoms. The van der Waals surface area contributed by atoms with Crippen LogP contribution in [0.25, 0.3) is 22.2 Å². The summed E-state index contributed by atoms with van der Waals surface area (Å²) in [6, 6.07) is 32.3. The largest absolute Gasteiger partial charge is 0.497 e. The Morgan fingerprint density at radius 1 is 0.763 bits per heavy atom. The lowest BCUT2D eigenvalue weighted by molar-refractivity contribution is 0.414. The summed E-state index contributed by atoms with van der Waals surface area (Å²) in [6.07, 6.45) is 0.709. The van der Waals surface area contributed by atoms with E-state index >= 15 is 0 Å². The van der Waals surface area contributed by atoms with Crippen LogP contribution in [-0.2, 0) is 0 Å². The molecule has 0 fully saturated rings. The van der Waals surface area contributed by atoms with Crippen LogP contribution in [0.5, 0.6) is 11.5 Å². The summed E-state index contributed by atoms with van der Waals surface area (Å²) < 4.78 is 11.7. The van der Waals surface area contributed by atoms with Gasteiger partial charge in [0, 0.05) is 21.8 Å². The van der Waals surface area contributed by atoms with Crippen LogP contribution in [0.2, 0.25) is 0 Å². The molecule has 0 saturated carbocycles. The highest BCUT2D eigenvalue weighted by Gasteiger charge is 2.32. The van der Waals surface area contributed by atoms with Gasteiger partial charge in [0.2, 0.25) is 5.95 Å². The topological polar surface area (TPSA) is 59.8 Å². The van der Waals surface area contributed by atoms with Crippen molar-refractivity contribution < 1.29 is 9.47 Å². The molecule has 0 N–H and O–H groups in total. The average Bonchev–Trinajstić information content (AvgIpc) is 3.43. The first-order chi connectivity index (χ1) is 18.6. The third-order valence-corrected chi connectivity index (χ3v) is 7.23. The molecule has 1 aliphatic rings. The first kappa shape index (κ1) is 24.1. The normalized spacial score (nSPS) is 15.0. The summed E-state index contributed by atoms with van der Waals surface area (Å²) in [5.74, 6) is 2.18. The number of methoxy groups -OCH3 is 2. The van der Waals surface area contributed by atoms with E-state index in [1.165, 1.54) is 0 Å². The smallest absolute Gasteiger partial charge is 0.247 e. The molecule has 4 aromatic carbocycles. The molecule has 7 heteroatoms. The fourth-order valence-electron chi connectivity index (χ4n) is 4.75. The van der Waals surface area contributed by atoms with Crippen LogP contribution < -0.4 is 14.5 Å². The van der Waals surface area contributed by atoms with Crippen LogP contribution in [0.15, 0.2) is 107 Å². The van der Waals surface area contributed by atoms with Crippen molar-refractivity contribution >= 4 is 38.5 Å². The number of hydrazone groups is 1. The van der Waals surface area contributed by atoms with E-state index in [2.05, 4.69) is 46.3 Å². The summed E-state index contributed by atoms with van der Waals surface area (Å²) >= 11 is 3.61. The number of benzene rings is 4. The number of hydrogen-bond acceptors (Lipinski definition) is 6. The van der Waals surface area contributed by atoms with Gasteiger partial charge in [0.25, 0.3) is 0 Å². The van der Waals surface area contributed by atoms with Crippen molar-refractivity contribution in [3.05, 3.63) is 113 Å². The number of nitrogens with zero attached hydrogens (tertiary/aromatic N) is 4. The van der Waals surface area contributed by atoms with E-state index in [9.17, 15) is 0 Å². The van der Waals surface area contributed by atoms with E-state index in [0.717, 1.165) is 55.0 Å². The maximum Gasteiger partial charge on any atom is 0.247 e. The van der Waals surface area contributed by atoms with Crippen LogP contribution >= 0.6 is 15.9 Å². The minimum absolute atomic E-state index is 0.0745. The van der Waals surface area contributed by atoms with Crippen molar-refractivity contribution in [1.82, 2.24) is 9.97 Å². The molecule has 6 rings (SSSR count). The lowest BCUT2D eigenvalue weighted by Crippen LogP contribution is -2.21. The lowest BCUT2D eigenvalue weighted by atomic mass is 9.98. The Labute approximate surface area is 229 Å². The molecule has 0 unspecified atom stereocenters. The Hall–Kier alpha value is -4.23. The van der Waals surface area contributed by atoms with Crippen molar-refractivity contribution in [1.29, 1.82) is 0 Å². The van der Waals surface area contributed by atoms with Gasteiger partial charge in [-0.25, -0.2) is 15.0 Å². The highest BCUT2D eigenvalue weighted by atomic mass is 79.9. The van der Waals surface area contributed by atoms with Crippen molar-refractivity contribution in [2.24, 2.45) is 5.10 Å². The number of fused-ring (bicyclic) bond motifs is 1. The zero-order chi connectivity index (χ0) is 26.1. The van der Waals surface area contributed by atoms with Crippen LogP contribution in [0.3, 0.4) is 0 Å². The molecule has 1 aliphatic heterocycles. The van der Waals surface area contributed by atoms with Crippen LogP contribution in [-0.4, -0.2) is 29.9 Å². The number of anilines is 1. The maximum absolute atomic E-state index is 5.40. The van der Waals surface area contributed by atoms with E-state index in [-0.39, 0.29) is 6.04 Å². The molecule has 0 amide bonds. The Morgan fingerprint density at radius 2 is 1.45 bits per heavy atom. The molecule has 0 bridgehead atoms. The van der Waals surface area contributed by atoms with Crippen molar-refractivity contribution in [2.45, 2.75) is 12.5 Å². The van der Waals surface area contributed by atoms with Gasteiger partial charge in [0.1, 0.15) is 11.5 Å². The fraction of sp³-hybridized carbons (Fsp3) is 0.129. The van der Waals surface area contributed by atoms with Gasteiger partial charge in [-0.15, -0.1) is 0 Å².